The SMILES string of the molecule is O=[N+]([O-])c1c(Nc2ccccc2)cc(C(F)(F)F)nc1C(F)(F)F. The minimum absolute atomic E-state index is 0.0769. The van der Waals surface area contributed by atoms with Crippen LogP contribution in [-0.4, -0.2) is 9.91 Å². The highest BCUT2D eigenvalue weighted by Crippen LogP contribution is 2.42. The molecule has 2 aromatic rings. The minimum Gasteiger partial charge on any atom is -0.350 e. The fraction of sp³-hybridized carbons (Fsp3) is 0.154. The van der Waals surface area contributed by atoms with E-state index in [0.29, 0.717) is 0 Å². The van der Waals surface area contributed by atoms with Gasteiger partial charge in [0.25, 0.3) is 0 Å². The fourth-order valence-corrected chi connectivity index (χ4v) is 1.84. The van der Waals surface area contributed by atoms with E-state index in [1.54, 1.807) is 6.07 Å². The Morgan fingerprint density at radius 2 is 1.58 bits per heavy atom. The molecule has 1 N–H and O–H groups in total. The van der Waals surface area contributed by atoms with Crippen molar-refractivity contribution in [1.29, 1.82) is 0 Å². The molecule has 1 heterocycles. The lowest BCUT2D eigenvalue weighted by atomic mass is 10.2. The van der Waals surface area contributed by atoms with Gasteiger partial charge in [0.2, 0.25) is 5.69 Å². The Labute approximate surface area is 130 Å². The second kappa shape index (κ2) is 5.98. The van der Waals surface area contributed by atoms with Crippen LogP contribution in [0.2, 0.25) is 0 Å². The van der Waals surface area contributed by atoms with Gasteiger partial charge in [0, 0.05) is 5.69 Å². The van der Waals surface area contributed by atoms with E-state index in [2.05, 4.69) is 10.3 Å². The van der Waals surface area contributed by atoms with Crippen molar-refractivity contribution in [3.8, 4) is 0 Å². The summed E-state index contributed by atoms with van der Waals surface area (Å²) in [5.41, 5.74) is -6.58. The van der Waals surface area contributed by atoms with Crippen LogP contribution in [0.4, 0.5) is 43.4 Å². The third-order valence-corrected chi connectivity index (χ3v) is 2.79. The summed E-state index contributed by atoms with van der Waals surface area (Å²) in [5.74, 6) is 0. The van der Waals surface area contributed by atoms with E-state index in [0.717, 1.165) is 0 Å². The van der Waals surface area contributed by atoms with Gasteiger partial charge in [0.15, 0.2) is 0 Å². The molecule has 128 valence electrons. The van der Waals surface area contributed by atoms with Gasteiger partial charge in [-0.25, -0.2) is 4.98 Å². The molecular weight excluding hydrogens is 344 g/mol. The van der Waals surface area contributed by atoms with Crippen LogP contribution in [0, 0.1) is 10.1 Å². The number of anilines is 2. The van der Waals surface area contributed by atoms with Gasteiger partial charge in [0.05, 0.1) is 4.92 Å². The largest absolute Gasteiger partial charge is 0.440 e. The van der Waals surface area contributed by atoms with Crippen molar-refractivity contribution in [2.75, 3.05) is 5.32 Å². The molecule has 0 spiro atoms. The average molecular weight is 351 g/mol. The summed E-state index contributed by atoms with van der Waals surface area (Å²) in [6, 6.07) is 7.26. The van der Waals surface area contributed by atoms with Crippen molar-refractivity contribution < 1.29 is 31.3 Å². The number of pyridine rings is 1. The third-order valence-electron chi connectivity index (χ3n) is 2.79. The van der Waals surface area contributed by atoms with Gasteiger partial charge in [-0.3, -0.25) is 10.1 Å². The van der Waals surface area contributed by atoms with E-state index in [4.69, 9.17) is 0 Å². The van der Waals surface area contributed by atoms with E-state index in [-0.39, 0.29) is 11.8 Å². The molecular formula is C13H7F6N3O2. The van der Waals surface area contributed by atoms with Gasteiger partial charge in [-0.15, -0.1) is 0 Å². The molecule has 11 heteroatoms. The van der Waals surface area contributed by atoms with Crippen LogP contribution in [0.25, 0.3) is 0 Å². The van der Waals surface area contributed by atoms with Crippen LogP contribution in [0.15, 0.2) is 36.4 Å². The Hall–Kier alpha value is -2.85. The number of hydrogen-bond donors (Lipinski definition) is 1. The second-order valence-corrected chi connectivity index (χ2v) is 4.50. The Kier molecular flexibility index (Phi) is 4.36. The molecule has 0 aliphatic rings. The fourth-order valence-electron chi connectivity index (χ4n) is 1.84. The molecule has 0 bridgehead atoms. The van der Waals surface area contributed by atoms with Gasteiger partial charge in [0.1, 0.15) is 11.4 Å². The lowest BCUT2D eigenvalue weighted by Gasteiger charge is -2.15. The molecule has 1 aromatic carbocycles. The van der Waals surface area contributed by atoms with Crippen molar-refractivity contribution in [2.45, 2.75) is 12.4 Å². The molecule has 1 aromatic heterocycles. The van der Waals surface area contributed by atoms with Crippen molar-refractivity contribution in [1.82, 2.24) is 4.98 Å². The summed E-state index contributed by atoms with van der Waals surface area (Å²) >= 11 is 0. The van der Waals surface area contributed by atoms with Crippen molar-refractivity contribution in [3.63, 3.8) is 0 Å². The van der Waals surface area contributed by atoms with Crippen LogP contribution < -0.4 is 5.32 Å². The molecule has 0 amide bonds. The van der Waals surface area contributed by atoms with E-state index >= 15 is 0 Å². The quantitative estimate of drug-likeness (QED) is 0.491. The molecule has 24 heavy (non-hydrogen) atoms. The number of halogens is 6. The molecule has 0 unspecified atom stereocenters. The highest BCUT2D eigenvalue weighted by Gasteiger charge is 2.45. The first kappa shape index (κ1) is 17.5. The monoisotopic (exact) mass is 351 g/mol. The first-order valence-corrected chi connectivity index (χ1v) is 6.16. The molecule has 0 aliphatic heterocycles. The van der Waals surface area contributed by atoms with Gasteiger partial charge in [-0.2, -0.15) is 26.3 Å². The number of aromatic nitrogens is 1. The van der Waals surface area contributed by atoms with Crippen LogP contribution in [0.3, 0.4) is 0 Å². The maximum atomic E-state index is 12.9. The summed E-state index contributed by atoms with van der Waals surface area (Å²) in [6.07, 6.45) is -10.6. The van der Waals surface area contributed by atoms with E-state index in [1.807, 2.05) is 0 Å². The number of nitrogens with one attached hydrogen (secondary N) is 1. The summed E-state index contributed by atoms with van der Waals surface area (Å²) in [7, 11) is 0. The van der Waals surface area contributed by atoms with Crippen LogP contribution in [0.1, 0.15) is 11.4 Å². The number of nitro groups is 1. The standard InChI is InChI=1S/C13H7F6N3O2/c14-12(15,16)9-6-8(20-7-4-2-1-3-5-7)10(22(23)24)11(21-9)13(17,18)19/h1-6H,(H,20,21). The highest BCUT2D eigenvalue weighted by molar-refractivity contribution is 5.71. The Balaban J connectivity index is 2.72. The lowest BCUT2D eigenvalue weighted by molar-refractivity contribution is -0.387. The van der Waals surface area contributed by atoms with Gasteiger partial charge in [-0.05, 0) is 18.2 Å². The summed E-state index contributed by atoms with van der Waals surface area (Å²) in [5, 5.41) is 13.2. The zero-order valence-electron chi connectivity index (χ0n) is 11.4. The predicted octanol–water partition coefficient (Wildman–Crippen LogP) is 4.77. The molecule has 0 radical (unpaired) electrons. The number of alkyl halides is 6. The van der Waals surface area contributed by atoms with Gasteiger partial charge >= 0.3 is 18.0 Å². The summed E-state index contributed by atoms with van der Waals surface area (Å²) in [6.45, 7) is 0. The van der Waals surface area contributed by atoms with Crippen LogP contribution in [0.5, 0.6) is 0 Å². The second-order valence-electron chi connectivity index (χ2n) is 4.50. The zero-order valence-corrected chi connectivity index (χ0v) is 11.4. The molecule has 0 atom stereocenters. The Morgan fingerprint density at radius 3 is 2.04 bits per heavy atom. The molecule has 0 saturated carbocycles. The first-order valence-electron chi connectivity index (χ1n) is 6.16. The first-order chi connectivity index (χ1) is 11.0. The predicted molar refractivity (Wildman–Crippen MR) is 70.6 cm³/mol. The van der Waals surface area contributed by atoms with Crippen LogP contribution >= 0.6 is 0 Å². The minimum atomic E-state index is -5.43. The van der Waals surface area contributed by atoms with E-state index in [9.17, 15) is 36.5 Å². The number of rotatable bonds is 3. The van der Waals surface area contributed by atoms with Crippen molar-refractivity contribution in [3.05, 3.63) is 57.9 Å². The van der Waals surface area contributed by atoms with Gasteiger partial charge in [-0.1, -0.05) is 18.2 Å². The van der Waals surface area contributed by atoms with Crippen LogP contribution in [-0.2, 0) is 12.4 Å². The number of hydrogen-bond acceptors (Lipinski definition) is 4. The van der Waals surface area contributed by atoms with E-state index < -0.39 is 40.0 Å². The third kappa shape index (κ3) is 3.73. The summed E-state index contributed by atoms with van der Waals surface area (Å²) < 4.78 is 77.1. The molecule has 5 nitrogen and oxygen atoms in total. The zero-order chi connectivity index (χ0) is 18.1. The Morgan fingerprint density at radius 1 is 1.00 bits per heavy atom. The number of benzene rings is 1. The van der Waals surface area contributed by atoms with Gasteiger partial charge < -0.3 is 5.32 Å². The molecule has 0 saturated heterocycles. The smallest absolute Gasteiger partial charge is 0.350 e. The molecule has 2 rings (SSSR count). The molecule has 0 fully saturated rings. The number of para-hydroxylation sites is 1. The maximum absolute atomic E-state index is 12.9. The number of nitrogens with zero attached hydrogens (tertiary/aromatic N) is 2. The van der Waals surface area contributed by atoms with E-state index in [1.165, 1.54) is 24.3 Å². The lowest BCUT2D eigenvalue weighted by Crippen LogP contribution is -2.18. The average Bonchev–Trinajstić information content (AvgIpc) is 2.45. The van der Waals surface area contributed by atoms with Crippen molar-refractivity contribution >= 4 is 17.1 Å². The van der Waals surface area contributed by atoms with Crippen molar-refractivity contribution in [2.24, 2.45) is 0 Å². The Bertz CT molecular complexity index is 759. The summed E-state index contributed by atoms with van der Waals surface area (Å²) in [4.78, 5) is 12.0. The highest BCUT2D eigenvalue weighted by atomic mass is 19.4. The normalized spacial score (nSPS) is 12.1. The maximum Gasteiger partial charge on any atom is 0.440 e. The molecule has 0 aliphatic carbocycles. The topological polar surface area (TPSA) is 68.1 Å².